The Morgan fingerprint density at radius 2 is 1.96 bits per heavy atom. The fraction of sp³-hybridized carbons (Fsp3) is 0.211. The van der Waals surface area contributed by atoms with Crippen LogP contribution in [0.3, 0.4) is 0 Å². The largest absolute Gasteiger partial charge is 0.478 e. The number of hydrogen-bond donors (Lipinski definition) is 2. The smallest absolute Gasteiger partial charge is 0.335 e. The molecule has 2 N–H and O–H groups in total. The number of fused-ring (bicyclic) bond motifs is 3. The van der Waals surface area contributed by atoms with Crippen molar-refractivity contribution in [2.75, 3.05) is 5.32 Å². The number of nitrogens with zero attached hydrogens (tertiary/aromatic N) is 1. The van der Waals surface area contributed by atoms with E-state index < -0.39 is 10.9 Å². The normalized spacial score (nSPS) is 23.4. The summed E-state index contributed by atoms with van der Waals surface area (Å²) >= 11 is 0. The van der Waals surface area contributed by atoms with Gasteiger partial charge in [-0.15, -0.1) is 0 Å². The van der Waals surface area contributed by atoms with Crippen molar-refractivity contribution in [3.05, 3.63) is 81.4 Å². The Morgan fingerprint density at radius 3 is 2.64 bits per heavy atom. The molecule has 0 unspecified atom stereocenters. The molecule has 1 heterocycles. The van der Waals surface area contributed by atoms with E-state index in [1.165, 1.54) is 12.1 Å². The summed E-state index contributed by atoms with van der Waals surface area (Å²) < 4.78 is 0. The molecule has 0 spiro atoms. The van der Waals surface area contributed by atoms with Crippen molar-refractivity contribution < 1.29 is 14.8 Å². The maximum atomic E-state index is 11.3. The summed E-state index contributed by atoms with van der Waals surface area (Å²) in [4.78, 5) is 21.7. The van der Waals surface area contributed by atoms with Gasteiger partial charge in [0.1, 0.15) is 0 Å². The molecular formula is C19H16N2O4. The van der Waals surface area contributed by atoms with Gasteiger partial charge in [-0.1, -0.05) is 24.3 Å². The second-order valence-corrected chi connectivity index (χ2v) is 6.43. The minimum Gasteiger partial charge on any atom is -0.478 e. The first-order valence-corrected chi connectivity index (χ1v) is 8.09. The van der Waals surface area contributed by atoms with Crippen LogP contribution in [0.1, 0.15) is 39.9 Å². The van der Waals surface area contributed by atoms with Crippen molar-refractivity contribution >= 4 is 17.3 Å². The van der Waals surface area contributed by atoms with Crippen molar-refractivity contribution in [3.63, 3.8) is 0 Å². The van der Waals surface area contributed by atoms with E-state index in [1.54, 1.807) is 30.3 Å². The summed E-state index contributed by atoms with van der Waals surface area (Å²) in [7, 11) is 0. The first-order valence-electron chi connectivity index (χ1n) is 8.09. The molecule has 0 saturated heterocycles. The molecule has 0 radical (unpaired) electrons. The topological polar surface area (TPSA) is 92.5 Å². The van der Waals surface area contributed by atoms with E-state index in [-0.39, 0.29) is 29.1 Å². The van der Waals surface area contributed by atoms with E-state index >= 15 is 0 Å². The second-order valence-electron chi connectivity index (χ2n) is 6.43. The number of nitrogens with one attached hydrogen (secondary N) is 1. The first kappa shape index (κ1) is 15.4. The van der Waals surface area contributed by atoms with Crippen LogP contribution >= 0.6 is 0 Å². The number of carboxylic acids is 1. The molecule has 6 nitrogen and oxygen atoms in total. The Morgan fingerprint density at radius 1 is 1.20 bits per heavy atom. The molecule has 2 aliphatic rings. The Balaban J connectivity index is 1.72. The van der Waals surface area contributed by atoms with Gasteiger partial charge in [0.25, 0.3) is 5.69 Å². The lowest BCUT2D eigenvalue weighted by atomic mass is 9.76. The molecule has 126 valence electrons. The van der Waals surface area contributed by atoms with E-state index in [0.717, 1.165) is 23.2 Å². The first-order chi connectivity index (χ1) is 12.0. The summed E-state index contributed by atoms with van der Waals surface area (Å²) in [6.45, 7) is 0. The molecule has 2 aromatic rings. The van der Waals surface area contributed by atoms with E-state index in [4.69, 9.17) is 0 Å². The number of non-ortho nitro benzene ring substituents is 1. The summed E-state index contributed by atoms with van der Waals surface area (Å²) in [5, 5.41) is 23.6. The fourth-order valence-electron chi connectivity index (χ4n) is 3.86. The van der Waals surface area contributed by atoms with Gasteiger partial charge in [0.2, 0.25) is 0 Å². The molecule has 0 aromatic heterocycles. The third kappa shape index (κ3) is 2.55. The standard InChI is InChI=1S/C19H16N2O4/c22-19(23)12-6-9-17-16(10-12)14-2-1-3-15(14)18(20-17)11-4-7-13(8-5-11)21(24)25/h1-2,4-10,14-15,18,20H,3H2,(H,22,23)/t14-,15-,18+/m1/s1. The number of carbonyl (C=O) groups is 1. The maximum Gasteiger partial charge on any atom is 0.335 e. The summed E-state index contributed by atoms with van der Waals surface area (Å²) in [5.74, 6) is -0.521. The lowest BCUT2D eigenvalue weighted by Crippen LogP contribution is -2.29. The number of benzene rings is 2. The van der Waals surface area contributed by atoms with Crippen molar-refractivity contribution in [1.82, 2.24) is 0 Å². The van der Waals surface area contributed by atoms with Gasteiger partial charge >= 0.3 is 5.97 Å². The highest BCUT2D eigenvalue weighted by molar-refractivity contribution is 5.89. The minimum atomic E-state index is -0.932. The van der Waals surface area contributed by atoms with Crippen LogP contribution in [0.4, 0.5) is 11.4 Å². The van der Waals surface area contributed by atoms with Crippen molar-refractivity contribution in [2.45, 2.75) is 18.4 Å². The van der Waals surface area contributed by atoms with Crippen molar-refractivity contribution in [3.8, 4) is 0 Å². The number of anilines is 1. The number of aromatic carboxylic acids is 1. The Labute approximate surface area is 144 Å². The van der Waals surface area contributed by atoms with E-state index in [2.05, 4.69) is 17.5 Å². The quantitative estimate of drug-likeness (QED) is 0.500. The zero-order valence-electron chi connectivity index (χ0n) is 13.3. The molecule has 3 atom stereocenters. The van der Waals surface area contributed by atoms with Gasteiger partial charge in [-0.2, -0.15) is 0 Å². The molecule has 1 aliphatic carbocycles. The Hall–Kier alpha value is -3.15. The van der Waals surface area contributed by atoms with Crippen LogP contribution < -0.4 is 5.32 Å². The highest BCUT2D eigenvalue weighted by atomic mass is 16.6. The third-order valence-corrected chi connectivity index (χ3v) is 5.07. The van der Waals surface area contributed by atoms with Crippen LogP contribution in [-0.4, -0.2) is 16.0 Å². The molecule has 6 heteroatoms. The third-order valence-electron chi connectivity index (χ3n) is 5.07. The van der Waals surface area contributed by atoms with Gasteiger partial charge in [0.15, 0.2) is 0 Å². The van der Waals surface area contributed by atoms with Crippen LogP contribution in [0, 0.1) is 16.0 Å². The lowest BCUT2D eigenvalue weighted by Gasteiger charge is -2.37. The maximum absolute atomic E-state index is 11.3. The SMILES string of the molecule is O=C(O)c1ccc2c(c1)[C@@H]1C=CC[C@H]1[C@H](c1ccc([N+](=O)[O-])cc1)N2. The molecule has 4 rings (SSSR count). The van der Waals surface area contributed by atoms with Gasteiger partial charge in [0, 0.05) is 23.7 Å². The van der Waals surface area contributed by atoms with E-state index in [0.29, 0.717) is 0 Å². The molecule has 0 fully saturated rings. The number of nitro benzene ring substituents is 1. The van der Waals surface area contributed by atoms with Gasteiger partial charge in [0.05, 0.1) is 16.5 Å². The zero-order chi connectivity index (χ0) is 17.6. The molecule has 0 saturated carbocycles. The van der Waals surface area contributed by atoms with Crippen LogP contribution in [0.25, 0.3) is 0 Å². The minimum absolute atomic E-state index is 0.0315. The molecule has 25 heavy (non-hydrogen) atoms. The average molecular weight is 336 g/mol. The van der Waals surface area contributed by atoms with Gasteiger partial charge in [-0.25, -0.2) is 4.79 Å². The van der Waals surface area contributed by atoms with Crippen LogP contribution in [-0.2, 0) is 0 Å². The number of carboxylic acid groups (broad SMARTS) is 1. The number of hydrogen-bond acceptors (Lipinski definition) is 4. The van der Waals surface area contributed by atoms with E-state index in [1.807, 2.05) is 0 Å². The highest BCUT2D eigenvalue weighted by Gasteiger charge is 2.38. The number of allylic oxidation sites excluding steroid dienone is 2. The summed E-state index contributed by atoms with van der Waals surface area (Å²) in [5.41, 5.74) is 3.27. The van der Waals surface area contributed by atoms with Gasteiger partial charge in [-0.05, 0) is 41.7 Å². The van der Waals surface area contributed by atoms with Crippen LogP contribution in [0.15, 0.2) is 54.6 Å². The molecule has 2 aromatic carbocycles. The molecule has 1 aliphatic heterocycles. The highest BCUT2D eigenvalue weighted by Crippen LogP contribution is 2.50. The number of nitro groups is 1. The second kappa shape index (κ2) is 5.73. The van der Waals surface area contributed by atoms with Gasteiger partial charge in [-0.3, -0.25) is 10.1 Å². The van der Waals surface area contributed by atoms with Crippen LogP contribution in [0.5, 0.6) is 0 Å². The van der Waals surface area contributed by atoms with Crippen molar-refractivity contribution in [2.24, 2.45) is 5.92 Å². The zero-order valence-corrected chi connectivity index (χ0v) is 13.3. The average Bonchev–Trinajstić information content (AvgIpc) is 3.10. The van der Waals surface area contributed by atoms with Crippen LogP contribution in [0.2, 0.25) is 0 Å². The summed E-state index contributed by atoms with van der Waals surface area (Å²) in [6, 6.07) is 11.8. The molecule has 0 amide bonds. The monoisotopic (exact) mass is 336 g/mol. The summed E-state index contributed by atoms with van der Waals surface area (Å²) in [6.07, 6.45) is 5.14. The molecule has 0 bridgehead atoms. The number of rotatable bonds is 3. The lowest BCUT2D eigenvalue weighted by molar-refractivity contribution is -0.384. The Kier molecular flexibility index (Phi) is 3.53. The predicted octanol–water partition coefficient (Wildman–Crippen LogP) is 4.12. The fourth-order valence-corrected chi connectivity index (χ4v) is 3.86. The Bertz CT molecular complexity index is 889. The van der Waals surface area contributed by atoms with Crippen molar-refractivity contribution in [1.29, 1.82) is 0 Å². The van der Waals surface area contributed by atoms with E-state index in [9.17, 15) is 20.0 Å². The molecular weight excluding hydrogens is 320 g/mol. The predicted molar refractivity (Wildman–Crippen MR) is 92.8 cm³/mol. The van der Waals surface area contributed by atoms with Gasteiger partial charge < -0.3 is 10.4 Å².